The van der Waals surface area contributed by atoms with Crippen molar-refractivity contribution in [3.8, 4) is 11.8 Å². The minimum Gasteiger partial charge on any atom is -0.447 e. The maximum absolute atomic E-state index is 12.5. The molecule has 0 unspecified atom stereocenters. The number of imidazole rings is 1. The van der Waals surface area contributed by atoms with E-state index in [0.29, 0.717) is 44.2 Å². The predicted molar refractivity (Wildman–Crippen MR) is 160 cm³/mol. The molecular formula is C31H37N7O7. The molecule has 6 rings (SSSR count). The molecule has 2 aromatic heterocycles. The number of anilines is 1. The summed E-state index contributed by atoms with van der Waals surface area (Å²) < 4.78 is 18.1. The minimum atomic E-state index is -1.42. The largest absolute Gasteiger partial charge is 0.447 e. The Morgan fingerprint density at radius 3 is 2.60 bits per heavy atom. The minimum absolute atomic E-state index is 0.0809. The van der Waals surface area contributed by atoms with Crippen molar-refractivity contribution in [2.45, 2.75) is 69.3 Å². The number of carbonyl (C=O) groups excluding carboxylic acids is 2. The summed E-state index contributed by atoms with van der Waals surface area (Å²) in [5.41, 5.74) is 7.76. The molecule has 0 radical (unpaired) electrons. The number of carbonyl (C=O) groups is 2. The first kappa shape index (κ1) is 30.7. The Labute approximate surface area is 259 Å². The molecule has 1 aliphatic carbocycles. The first-order chi connectivity index (χ1) is 21.9. The van der Waals surface area contributed by atoms with Gasteiger partial charge in [0.05, 0.1) is 19.5 Å². The van der Waals surface area contributed by atoms with Gasteiger partial charge in [-0.05, 0) is 43.1 Å². The highest BCUT2D eigenvalue weighted by atomic mass is 16.6. The number of fused-ring (bicyclic) bond motifs is 1. The van der Waals surface area contributed by atoms with Crippen molar-refractivity contribution in [2.75, 3.05) is 32.0 Å². The quantitative estimate of drug-likeness (QED) is 0.199. The van der Waals surface area contributed by atoms with Gasteiger partial charge in [-0.2, -0.15) is 0 Å². The number of ether oxygens (including phenoxy) is 3. The first-order valence-corrected chi connectivity index (χ1v) is 15.2. The van der Waals surface area contributed by atoms with Crippen LogP contribution in [-0.2, 0) is 25.6 Å². The van der Waals surface area contributed by atoms with Crippen LogP contribution in [0.5, 0.6) is 0 Å². The number of hydrogen-bond acceptors (Lipinski definition) is 11. The Balaban J connectivity index is 0.990. The SMILES string of the molecule is Nc1nc(C#CCC2CCN(C(=O)OCCOCc3ccccc3)CC2)nc2c1ncn2[C@@H]1O[C@H](C(=O)NC2CC2)[C@@H](O)[C@H]1O. The number of benzene rings is 1. The van der Waals surface area contributed by atoms with E-state index < -0.39 is 30.4 Å². The number of amides is 2. The maximum atomic E-state index is 12.5. The summed E-state index contributed by atoms with van der Waals surface area (Å²) in [6.45, 7) is 2.18. The lowest BCUT2D eigenvalue weighted by Crippen LogP contribution is -2.43. The zero-order chi connectivity index (χ0) is 31.3. The second-order valence-electron chi connectivity index (χ2n) is 11.6. The number of rotatable bonds is 9. The van der Waals surface area contributed by atoms with Gasteiger partial charge in [0, 0.05) is 25.6 Å². The van der Waals surface area contributed by atoms with Crippen LogP contribution in [0.4, 0.5) is 10.6 Å². The van der Waals surface area contributed by atoms with E-state index in [2.05, 4.69) is 32.1 Å². The number of aliphatic hydroxyl groups excluding tert-OH is 2. The summed E-state index contributed by atoms with van der Waals surface area (Å²) >= 11 is 0. The Bertz CT molecular complexity index is 1560. The lowest BCUT2D eigenvalue weighted by Gasteiger charge is -2.30. The maximum Gasteiger partial charge on any atom is 0.409 e. The van der Waals surface area contributed by atoms with E-state index in [9.17, 15) is 19.8 Å². The first-order valence-electron chi connectivity index (χ1n) is 15.2. The molecule has 14 heteroatoms. The van der Waals surface area contributed by atoms with Crippen molar-refractivity contribution in [2.24, 2.45) is 5.92 Å². The molecule has 4 heterocycles. The number of piperidine rings is 1. The lowest BCUT2D eigenvalue weighted by atomic mass is 9.94. The molecule has 3 aromatic rings. The molecule has 3 aliphatic rings. The third-order valence-electron chi connectivity index (χ3n) is 8.17. The van der Waals surface area contributed by atoms with Gasteiger partial charge in [-0.1, -0.05) is 36.3 Å². The van der Waals surface area contributed by atoms with E-state index in [1.807, 2.05) is 30.3 Å². The summed E-state index contributed by atoms with van der Waals surface area (Å²) in [6, 6.07) is 9.90. The van der Waals surface area contributed by atoms with Gasteiger partial charge in [0.2, 0.25) is 5.82 Å². The molecule has 5 N–H and O–H groups in total. The number of nitrogen functional groups attached to an aromatic ring is 1. The van der Waals surface area contributed by atoms with Crippen molar-refractivity contribution < 1.29 is 34.0 Å². The molecule has 1 aromatic carbocycles. The fraction of sp³-hybridized carbons (Fsp3) is 0.516. The lowest BCUT2D eigenvalue weighted by molar-refractivity contribution is -0.137. The predicted octanol–water partition coefficient (Wildman–Crippen LogP) is 1.11. The van der Waals surface area contributed by atoms with Gasteiger partial charge in [0.25, 0.3) is 5.91 Å². The molecule has 3 fully saturated rings. The third-order valence-corrected chi connectivity index (χ3v) is 8.17. The van der Waals surface area contributed by atoms with Crippen LogP contribution in [0.1, 0.15) is 49.7 Å². The van der Waals surface area contributed by atoms with Crippen molar-refractivity contribution in [3.05, 3.63) is 48.0 Å². The molecule has 0 spiro atoms. The van der Waals surface area contributed by atoms with Gasteiger partial charge in [-0.15, -0.1) is 0 Å². The van der Waals surface area contributed by atoms with Crippen LogP contribution in [-0.4, -0.2) is 97.3 Å². The topological polar surface area (TPSA) is 187 Å². The van der Waals surface area contributed by atoms with E-state index in [4.69, 9.17) is 19.9 Å². The van der Waals surface area contributed by atoms with Gasteiger partial charge in [0.1, 0.15) is 24.3 Å². The fourth-order valence-electron chi connectivity index (χ4n) is 5.43. The van der Waals surface area contributed by atoms with Crippen molar-refractivity contribution in [3.63, 3.8) is 0 Å². The average Bonchev–Trinajstić information content (AvgIpc) is 3.68. The number of aromatic nitrogens is 4. The smallest absolute Gasteiger partial charge is 0.409 e. The van der Waals surface area contributed by atoms with Crippen LogP contribution in [0.25, 0.3) is 11.2 Å². The summed E-state index contributed by atoms with van der Waals surface area (Å²) in [7, 11) is 0. The van der Waals surface area contributed by atoms with Gasteiger partial charge in [-0.3, -0.25) is 9.36 Å². The molecule has 14 nitrogen and oxygen atoms in total. The molecule has 2 amide bonds. The standard InChI is InChI=1S/C31H37N7O7/c32-27-23-28(38(18-33-23)30-25(40)24(39)26(45-30)29(41)34-21-9-10-21)36-22(35-27)8-4-7-19-11-13-37(14-12-19)31(42)44-16-15-43-17-20-5-2-1-3-6-20/h1-3,5-6,18-19,21,24-26,30,39-40H,7,9-17H2,(H,34,41)(H2,32,35,36)/t24-,25+,26-,30+/m0/s1. The van der Waals surface area contributed by atoms with Crippen LogP contribution in [0.2, 0.25) is 0 Å². The zero-order valence-electron chi connectivity index (χ0n) is 24.7. The van der Waals surface area contributed by atoms with Crippen molar-refractivity contribution >= 4 is 29.0 Å². The number of aliphatic hydroxyl groups is 2. The number of nitrogens with one attached hydrogen (secondary N) is 1. The molecule has 2 saturated heterocycles. The molecule has 2 aliphatic heterocycles. The number of likely N-dealkylation sites (tertiary alicyclic amines) is 1. The van der Waals surface area contributed by atoms with E-state index in [1.54, 1.807) is 4.90 Å². The van der Waals surface area contributed by atoms with E-state index in [-0.39, 0.29) is 36.0 Å². The van der Waals surface area contributed by atoms with Gasteiger partial charge >= 0.3 is 6.09 Å². The van der Waals surface area contributed by atoms with Crippen LogP contribution in [0.3, 0.4) is 0 Å². The van der Waals surface area contributed by atoms with E-state index >= 15 is 0 Å². The molecule has 0 bridgehead atoms. The van der Waals surface area contributed by atoms with Gasteiger partial charge < -0.3 is 40.4 Å². The van der Waals surface area contributed by atoms with E-state index in [1.165, 1.54) is 10.9 Å². The Morgan fingerprint density at radius 1 is 1.07 bits per heavy atom. The Kier molecular flexibility index (Phi) is 9.41. The molecular weight excluding hydrogens is 582 g/mol. The molecule has 45 heavy (non-hydrogen) atoms. The van der Waals surface area contributed by atoms with Crippen LogP contribution in [0.15, 0.2) is 36.7 Å². The second-order valence-corrected chi connectivity index (χ2v) is 11.6. The zero-order valence-corrected chi connectivity index (χ0v) is 24.7. The van der Waals surface area contributed by atoms with Gasteiger partial charge in [-0.25, -0.2) is 19.7 Å². The fourth-order valence-corrected chi connectivity index (χ4v) is 5.43. The number of nitrogens with zero attached hydrogens (tertiary/aromatic N) is 5. The normalized spacial score (nSPS) is 23.5. The Hall–Kier alpha value is -4.29. The molecule has 4 atom stereocenters. The van der Waals surface area contributed by atoms with Crippen LogP contribution < -0.4 is 11.1 Å². The highest BCUT2D eigenvalue weighted by molar-refractivity contribution is 5.83. The highest BCUT2D eigenvalue weighted by Crippen LogP contribution is 2.33. The summed E-state index contributed by atoms with van der Waals surface area (Å²) in [4.78, 5) is 39.7. The van der Waals surface area contributed by atoms with Crippen LogP contribution in [0, 0.1) is 17.8 Å². The van der Waals surface area contributed by atoms with Crippen molar-refractivity contribution in [1.29, 1.82) is 0 Å². The summed E-state index contributed by atoms with van der Waals surface area (Å²) in [5, 5.41) is 24.0. The average molecular weight is 620 g/mol. The van der Waals surface area contributed by atoms with Crippen LogP contribution >= 0.6 is 0 Å². The Morgan fingerprint density at radius 2 is 1.84 bits per heavy atom. The van der Waals surface area contributed by atoms with Gasteiger partial charge in [0.15, 0.2) is 23.8 Å². The second kappa shape index (κ2) is 13.8. The third kappa shape index (κ3) is 7.34. The monoisotopic (exact) mass is 619 g/mol. The number of hydrogen-bond donors (Lipinski definition) is 4. The molecule has 1 saturated carbocycles. The number of nitrogens with two attached hydrogens (primary N) is 1. The van der Waals surface area contributed by atoms with E-state index in [0.717, 1.165) is 31.2 Å². The molecule has 238 valence electrons. The van der Waals surface area contributed by atoms with Crippen molar-refractivity contribution in [1.82, 2.24) is 29.7 Å². The summed E-state index contributed by atoms with van der Waals surface area (Å²) in [5.74, 6) is 6.20. The highest BCUT2D eigenvalue weighted by Gasteiger charge is 2.48. The summed E-state index contributed by atoms with van der Waals surface area (Å²) in [6.07, 6.45) is -0.166.